The Bertz CT molecular complexity index is 193. The molecule has 0 aromatic heterocycles. The van der Waals surface area contributed by atoms with Crippen molar-refractivity contribution in [1.29, 1.82) is 0 Å². The van der Waals surface area contributed by atoms with Crippen LogP contribution in [-0.2, 0) is 4.79 Å². The summed E-state index contributed by atoms with van der Waals surface area (Å²) in [5.41, 5.74) is 0. The summed E-state index contributed by atoms with van der Waals surface area (Å²) in [6.45, 7) is 0.744. The summed E-state index contributed by atoms with van der Waals surface area (Å²) in [5.74, 6) is -1.48. The molecule has 1 atom stereocenters. The van der Waals surface area contributed by atoms with Crippen LogP contribution in [-0.4, -0.2) is 35.3 Å². The number of carbonyl (C=O) groups is 1. The van der Waals surface area contributed by atoms with Crippen molar-refractivity contribution in [2.75, 3.05) is 13.1 Å². The van der Waals surface area contributed by atoms with Gasteiger partial charge in [0.05, 0.1) is 5.29 Å². The Morgan fingerprint density at radius 3 is 2.75 bits per heavy atom. The molecule has 0 aromatic carbocycles. The van der Waals surface area contributed by atoms with Crippen molar-refractivity contribution in [2.45, 2.75) is 12.6 Å². The van der Waals surface area contributed by atoms with Crippen LogP contribution in [0.25, 0.3) is 0 Å². The summed E-state index contributed by atoms with van der Waals surface area (Å²) in [6.07, 6.45) is -1.84. The lowest BCUT2D eigenvalue weighted by molar-refractivity contribution is -0.144. The van der Waals surface area contributed by atoms with Gasteiger partial charge in [0.2, 0.25) is 0 Å². The Balaban J connectivity index is 2.18. The molecule has 0 amide bonds. The Kier molecular flexibility index (Phi) is 2.57. The summed E-state index contributed by atoms with van der Waals surface area (Å²) in [6, 6.07) is 0. The molecule has 5 nitrogen and oxygen atoms in total. The molecular weight excluding hydrogens is 167 g/mol. The van der Waals surface area contributed by atoms with E-state index >= 15 is 0 Å². The van der Waals surface area contributed by atoms with E-state index in [1.807, 2.05) is 0 Å². The van der Waals surface area contributed by atoms with Crippen LogP contribution in [0.2, 0.25) is 0 Å². The van der Waals surface area contributed by atoms with E-state index in [-0.39, 0.29) is 12.3 Å². The molecule has 1 aliphatic rings. The van der Waals surface area contributed by atoms with Gasteiger partial charge in [-0.3, -0.25) is 5.01 Å². The SMILES string of the molecule is O=NN1CC(CC(F)C(=O)O)C1. The minimum absolute atomic E-state index is 0.0264. The van der Waals surface area contributed by atoms with E-state index in [1.54, 1.807) is 0 Å². The molecule has 1 rings (SSSR count). The van der Waals surface area contributed by atoms with Crippen LogP contribution < -0.4 is 0 Å². The van der Waals surface area contributed by atoms with E-state index < -0.39 is 12.1 Å². The first-order valence-electron chi connectivity index (χ1n) is 3.58. The van der Waals surface area contributed by atoms with Crippen molar-refractivity contribution in [3.63, 3.8) is 0 Å². The minimum atomic E-state index is -1.82. The lowest BCUT2D eigenvalue weighted by Crippen LogP contribution is -2.44. The van der Waals surface area contributed by atoms with Gasteiger partial charge in [0.1, 0.15) is 0 Å². The quantitative estimate of drug-likeness (QED) is 0.630. The van der Waals surface area contributed by atoms with Gasteiger partial charge in [0, 0.05) is 19.0 Å². The van der Waals surface area contributed by atoms with Crippen LogP contribution in [0.1, 0.15) is 6.42 Å². The molecule has 0 aliphatic carbocycles. The second kappa shape index (κ2) is 3.46. The standard InChI is InChI=1S/C6H9FN2O3/c7-5(6(10)11)1-4-2-9(3-4)8-12/h4-5H,1-3H2,(H,10,11). The van der Waals surface area contributed by atoms with Crippen LogP contribution in [0.3, 0.4) is 0 Å². The first-order valence-corrected chi connectivity index (χ1v) is 3.58. The maximum absolute atomic E-state index is 12.5. The third-order valence-electron chi connectivity index (χ3n) is 1.86. The number of halogens is 1. The Hall–Kier alpha value is -1.20. The van der Waals surface area contributed by atoms with Crippen LogP contribution >= 0.6 is 0 Å². The van der Waals surface area contributed by atoms with Crippen LogP contribution in [0.5, 0.6) is 0 Å². The molecule has 0 radical (unpaired) electrons. The van der Waals surface area contributed by atoms with E-state index in [0.717, 1.165) is 0 Å². The van der Waals surface area contributed by atoms with E-state index in [1.165, 1.54) is 5.01 Å². The molecule has 0 spiro atoms. The smallest absolute Gasteiger partial charge is 0.338 e. The lowest BCUT2D eigenvalue weighted by Gasteiger charge is -2.34. The fourth-order valence-corrected chi connectivity index (χ4v) is 1.15. The molecule has 1 unspecified atom stereocenters. The number of rotatable bonds is 4. The first kappa shape index (κ1) is 8.89. The average molecular weight is 176 g/mol. The highest BCUT2D eigenvalue weighted by Gasteiger charge is 2.31. The maximum atomic E-state index is 12.5. The third-order valence-corrected chi connectivity index (χ3v) is 1.86. The van der Waals surface area contributed by atoms with Crippen LogP contribution in [0.15, 0.2) is 5.29 Å². The van der Waals surface area contributed by atoms with Crippen molar-refractivity contribution < 1.29 is 14.3 Å². The Morgan fingerprint density at radius 2 is 2.33 bits per heavy atom. The van der Waals surface area contributed by atoms with Crippen molar-refractivity contribution in [3.05, 3.63) is 4.91 Å². The third kappa shape index (κ3) is 1.90. The summed E-state index contributed by atoms with van der Waals surface area (Å²) >= 11 is 0. The zero-order valence-corrected chi connectivity index (χ0v) is 6.31. The van der Waals surface area contributed by atoms with E-state index in [9.17, 15) is 14.1 Å². The van der Waals surface area contributed by atoms with Gasteiger partial charge >= 0.3 is 5.97 Å². The lowest BCUT2D eigenvalue weighted by atomic mass is 9.96. The van der Waals surface area contributed by atoms with E-state index in [4.69, 9.17) is 5.11 Å². The van der Waals surface area contributed by atoms with Gasteiger partial charge in [-0.25, -0.2) is 9.18 Å². The molecule has 1 aliphatic heterocycles. The predicted molar refractivity (Wildman–Crippen MR) is 38.0 cm³/mol. The normalized spacial score (nSPS) is 19.9. The zero-order chi connectivity index (χ0) is 9.14. The summed E-state index contributed by atoms with van der Waals surface area (Å²) < 4.78 is 12.5. The Labute approximate surface area is 68.1 Å². The number of carboxylic acid groups (broad SMARTS) is 1. The molecule has 6 heteroatoms. The summed E-state index contributed by atoms with van der Waals surface area (Å²) in [5, 5.41) is 12.0. The highest BCUT2D eigenvalue weighted by atomic mass is 19.1. The number of nitrogens with zero attached hydrogens (tertiary/aromatic N) is 2. The number of nitroso groups, excluding NO2 is 1. The van der Waals surface area contributed by atoms with Gasteiger partial charge in [-0.1, -0.05) is 0 Å². The molecule has 12 heavy (non-hydrogen) atoms. The van der Waals surface area contributed by atoms with Crippen molar-refractivity contribution >= 4 is 5.97 Å². The highest BCUT2D eigenvalue weighted by Crippen LogP contribution is 2.21. The molecular formula is C6H9FN2O3. The maximum Gasteiger partial charge on any atom is 0.338 e. The second-order valence-electron chi connectivity index (χ2n) is 2.86. The van der Waals surface area contributed by atoms with E-state index in [2.05, 4.69) is 5.29 Å². The molecule has 0 aromatic rings. The van der Waals surface area contributed by atoms with E-state index in [0.29, 0.717) is 13.1 Å². The van der Waals surface area contributed by atoms with Gasteiger partial charge < -0.3 is 5.11 Å². The largest absolute Gasteiger partial charge is 0.479 e. The molecule has 68 valence electrons. The van der Waals surface area contributed by atoms with Gasteiger partial charge in [0.25, 0.3) is 0 Å². The molecule has 0 bridgehead atoms. The first-order chi connectivity index (χ1) is 5.63. The number of hydrogen-bond acceptors (Lipinski definition) is 3. The van der Waals surface area contributed by atoms with Gasteiger partial charge in [0.15, 0.2) is 6.17 Å². The number of aliphatic carboxylic acids is 1. The van der Waals surface area contributed by atoms with Gasteiger partial charge in [-0.05, 0) is 6.42 Å². The van der Waals surface area contributed by atoms with Gasteiger partial charge in [-0.2, -0.15) is 0 Å². The predicted octanol–water partition coefficient (Wildman–Crippen LogP) is 0.412. The Morgan fingerprint density at radius 1 is 1.75 bits per heavy atom. The molecule has 0 saturated carbocycles. The fourth-order valence-electron chi connectivity index (χ4n) is 1.15. The number of hydrogen-bond donors (Lipinski definition) is 1. The molecule has 1 N–H and O–H groups in total. The van der Waals surface area contributed by atoms with Crippen molar-refractivity contribution in [2.24, 2.45) is 11.2 Å². The fraction of sp³-hybridized carbons (Fsp3) is 0.833. The minimum Gasteiger partial charge on any atom is -0.479 e. The highest BCUT2D eigenvalue weighted by molar-refractivity contribution is 5.72. The van der Waals surface area contributed by atoms with Gasteiger partial charge in [-0.15, -0.1) is 4.91 Å². The molecule has 1 fully saturated rings. The van der Waals surface area contributed by atoms with Crippen LogP contribution in [0.4, 0.5) is 4.39 Å². The number of carboxylic acids is 1. The topological polar surface area (TPSA) is 70.0 Å². The monoisotopic (exact) mass is 176 g/mol. The zero-order valence-electron chi connectivity index (χ0n) is 6.31. The molecule has 1 heterocycles. The average Bonchev–Trinajstić information content (AvgIpc) is 1.94. The molecule has 1 saturated heterocycles. The second-order valence-corrected chi connectivity index (χ2v) is 2.86. The summed E-state index contributed by atoms with van der Waals surface area (Å²) in [7, 11) is 0. The van der Waals surface area contributed by atoms with Crippen molar-refractivity contribution in [3.8, 4) is 0 Å². The van der Waals surface area contributed by atoms with Crippen molar-refractivity contribution in [1.82, 2.24) is 5.01 Å². The number of alkyl halides is 1. The van der Waals surface area contributed by atoms with Crippen LogP contribution in [0, 0.1) is 10.8 Å². The summed E-state index contributed by atoms with van der Waals surface area (Å²) in [4.78, 5) is 19.9.